The topological polar surface area (TPSA) is 62.2 Å². The molecule has 4 nitrogen and oxygen atoms in total. The number of amides is 1. The van der Waals surface area contributed by atoms with Crippen molar-refractivity contribution >= 4 is 34.3 Å². The highest BCUT2D eigenvalue weighted by Crippen LogP contribution is 2.31. The number of carbonyl (C=O) groups is 1. The lowest BCUT2D eigenvalue weighted by Crippen LogP contribution is -2.08. The fraction of sp³-hybridized carbons (Fsp3) is 0. The molecule has 0 fully saturated rings. The van der Waals surface area contributed by atoms with E-state index in [9.17, 15) is 9.18 Å². The molecule has 2 aromatic carbocycles. The first-order valence-electron chi connectivity index (χ1n) is 6.38. The third-order valence-electron chi connectivity index (χ3n) is 3.20. The minimum absolute atomic E-state index is 0.247. The summed E-state index contributed by atoms with van der Waals surface area (Å²) in [6.45, 7) is 0. The van der Waals surface area contributed by atoms with Gasteiger partial charge < -0.3 is 5.11 Å². The molecule has 110 valence electrons. The van der Waals surface area contributed by atoms with E-state index in [1.807, 2.05) is 6.07 Å². The smallest absolute Gasteiger partial charge is 0.410 e. The Kier molecular flexibility index (Phi) is 3.65. The molecule has 0 spiro atoms. The van der Waals surface area contributed by atoms with Crippen LogP contribution in [0.3, 0.4) is 0 Å². The Morgan fingerprint density at radius 3 is 2.73 bits per heavy atom. The lowest BCUT2D eigenvalue weighted by molar-refractivity contribution is 0.209. The number of carboxylic acid groups (broad SMARTS) is 1. The molecule has 3 rings (SSSR count). The molecule has 1 heterocycles. The highest BCUT2D eigenvalue weighted by Gasteiger charge is 2.07. The van der Waals surface area contributed by atoms with Gasteiger partial charge in [0.2, 0.25) is 0 Å². The van der Waals surface area contributed by atoms with Gasteiger partial charge in [-0.2, -0.15) is 0 Å². The third-order valence-corrected chi connectivity index (χ3v) is 3.53. The molecule has 2 N–H and O–H groups in total. The van der Waals surface area contributed by atoms with Crippen molar-refractivity contribution in [1.82, 2.24) is 4.98 Å². The van der Waals surface area contributed by atoms with Crippen LogP contribution in [0.4, 0.5) is 15.0 Å². The first-order valence-corrected chi connectivity index (χ1v) is 6.76. The molecule has 0 saturated carbocycles. The summed E-state index contributed by atoms with van der Waals surface area (Å²) in [5.74, 6) is -0.116. The normalized spacial score (nSPS) is 10.6. The van der Waals surface area contributed by atoms with Crippen LogP contribution < -0.4 is 5.32 Å². The number of rotatable bonds is 2. The zero-order valence-corrected chi connectivity index (χ0v) is 11.9. The lowest BCUT2D eigenvalue weighted by atomic mass is 10.0. The summed E-state index contributed by atoms with van der Waals surface area (Å²) in [7, 11) is 0. The molecule has 0 bridgehead atoms. The molecule has 0 aliphatic rings. The van der Waals surface area contributed by atoms with Gasteiger partial charge >= 0.3 is 6.09 Å². The van der Waals surface area contributed by atoms with Crippen molar-refractivity contribution in [3.05, 3.63) is 59.5 Å². The molecule has 0 unspecified atom stereocenters. The Labute approximate surface area is 130 Å². The van der Waals surface area contributed by atoms with Crippen LogP contribution >= 0.6 is 11.6 Å². The van der Waals surface area contributed by atoms with Crippen molar-refractivity contribution in [1.29, 1.82) is 0 Å². The van der Waals surface area contributed by atoms with Crippen LogP contribution in [0.15, 0.2) is 48.7 Å². The predicted molar refractivity (Wildman–Crippen MR) is 83.8 cm³/mol. The van der Waals surface area contributed by atoms with E-state index >= 15 is 0 Å². The molecule has 1 amide bonds. The number of nitrogens with zero attached hydrogens (tertiary/aromatic N) is 1. The zero-order valence-electron chi connectivity index (χ0n) is 11.2. The Bertz CT molecular complexity index is 883. The number of hydrogen-bond acceptors (Lipinski definition) is 2. The second kappa shape index (κ2) is 5.61. The van der Waals surface area contributed by atoms with Crippen LogP contribution in [-0.2, 0) is 0 Å². The van der Waals surface area contributed by atoms with Crippen LogP contribution in [0, 0.1) is 5.82 Å². The van der Waals surface area contributed by atoms with Crippen LogP contribution in [0.1, 0.15) is 0 Å². The first-order chi connectivity index (χ1) is 10.5. The molecule has 1 aromatic heterocycles. The average molecular weight is 317 g/mol. The summed E-state index contributed by atoms with van der Waals surface area (Å²) in [5, 5.41) is 13.0. The van der Waals surface area contributed by atoms with E-state index in [1.54, 1.807) is 24.4 Å². The van der Waals surface area contributed by atoms with Gasteiger partial charge in [-0.3, -0.25) is 5.32 Å². The predicted octanol–water partition coefficient (Wildman–Crippen LogP) is 4.78. The molecular formula is C16H10ClFN2O2. The second-order valence-corrected chi connectivity index (χ2v) is 5.09. The number of anilines is 1. The van der Waals surface area contributed by atoms with Gasteiger partial charge in [-0.05, 0) is 41.3 Å². The number of fused-ring (bicyclic) bond motifs is 1. The Morgan fingerprint density at radius 1 is 1.14 bits per heavy atom. The van der Waals surface area contributed by atoms with Crippen LogP contribution in [0.2, 0.25) is 5.02 Å². The van der Waals surface area contributed by atoms with Crippen molar-refractivity contribution in [2.45, 2.75) is 0 Å². The van der Waals surface area contributed by atoms with E-state index in [2.05, 4.69) is 10.3 Å². The van der Waals surface area contributed by atoms with Gasteiger partial charge in [0.15, 0.2) is 0 Å². The maximum absolute atomic E-state index is 13.4. The summed E-state index contributed by atoms with van der Waals surface area (Å²) in [6, 6.07) is 11.2. The standard InChI is InChI=1S/C16H10ClFN2O2/c17-14-4-3-12(18)7-13(14)10-2-1-9-6-15(20-16(21)22)19-8-11(9)5-10/h1-8H,(H,19,20)(H,21,22). The van der Waals surface area contributed by atoms with Crippen LogP contribution in [-0.4, -0.2) is 16.2 Å². The Balaban J connectivity index is 2.06. The number of benzene rings is 2. The molecule has 22 heavy (non-hydrogen) atoms. The lowest BCUT2D eigenvalue weighted by Gasteiger charge is -2.07. The van der Waals surface area contributed by atoms with Crippen molar-refractivity contribution in [3.63, 3.8) is 0 Å². The van der Waals surface area contributed by atoms with Crippen molar-refractivity contribution in [2.24, 2.45) is 0 Å². The molecule has 0 saturated heterocycles. The van der Waals surface area contributed by atoms with Gasteiger partial charge in [-0.1, -0.05) is 23.7 Å². The maximum Gasteiger partial charge on any atom is 0.410 e. The minimum Gasteiger partial charge on any atom is -0.465 e. The van der Waals surface area contributed by atoms with E-state index in [0.29, 0.717) is 10.6 Å². The number of aromatic nitrogens is 1. The second-order valence-electron chi connectivity index (χ2n) is 4.69. The first kappa shape index (κ1) is 14.3. The molecule has 6 heteroatoms. The fourth-order valence-corrected chi connectivity index (χ4v) is 2.43. The molecule has 0 atom stereocenters. The molecule has 0 aliphatic carbocycles. The number of halogens is 2. The van der Waals surface area contributed by atoms with Crippen LogP contribution in [0.5, 0.6) is 0 Å². The van der Waals surface area contributed by atoms with Gasteiger partial charge in [0.05, 0.1) is 0 Å². The number of hydrogen-bond donors (Lipinski definition) is 2. The van der Waals surface area contributed by atoms with Crippen molar-refractivity contribution < 1.29 is 14.3 Å². The monoisotopic (exact) mass is 316 g/mol. The summed E-state index contributed by atoms with van der Waals surface area (Å²) < 4.78 is 13.4. The zero-order chi connectivity index (χ0) is 15.7. The Morgan fingerprint density at radius 2 is 1.95 bits per heavy atom. The van der Waals surface area contributed by atoms with Crippen molar-refractivity contribution in [3.8, 4) is 11.1 Å². The minimum atomic E-state index is -1.17. The van der Waals surface area contributed by atoms with E-state index in [4.69, 9.17) is 16.7 Å². The van der Waals surface area contributed by atoms with Gasteiger partial charge in [-0.25, -0.2) is 14.2 Å². The summed E-state index contributed by atoms with van der Waals surface area (Å²) in [5.41, 5.74) is 1.36. The molecule has 0 radical (unpaired) electrons. The SMILES string of the molecule is O=C(O)Nc1cc2ccc(-c3cc(F)ccc3Cl)cc2cn1. The fourth-order valence-electron chi connectivity index (χ4n) is 2.21. The van der Waals surface area contributed by atoms with Gasteiger partial charge in [0, 0.05) is 22.2 Å². The van der Waals surface area contributed by atoms with E-state index < -0.39 is 6.09 Å². The van der Waals surface area contributed by atoms with Crippen LogP contribution in [0.25, 0.3) is 21.9 Å². The summed E-state index contributed by atoms with van der Waals surface area (Å²) in [4.78, 5) is 14.6. The van der Waals surface area contributed by atoms with Gasteiger partial charge in [-0.15, -0.1) is 0 Å². The van der Waals surface area contributed by atoms with E-state index in [-0.39, 0.29) is 11.6 Å². The highest BCUT2D eigenvalue weighted by molar-refractivity contribution is 6.33. The highest BCUT2D eigenvalue weighted by atomic mass is 35.5. The number of nitrogens with one attached hydrogen (secondary N) is 1. The Hall–Kier alpha value is -2.66. The largest absolute Gasteiger partial charge is 0.465 e. The third kappa shape index (κ3) is 2.84. The molecule has 0 aliphatic heterocycles. The summed E-state index contributed by atoms with van der Waals surface area (Å²) >= 11 is 6.11. The summed E-state index contributed by atoms with van der Waals surface area (Å²) in [6.07, 6.45) is 0.382. The quantitative estimate of drug-likeness (QED) is 0.715. The van der Waals surface area contributed by atoms with E-state index in [0.717, 1.165) is 16.3 Å². The van der Waals surface area contributed by atoms with Crippen molar-refractivity contribution in [2.75, 3.05) is 5.32 Å². The van der Waals surface area contributed by atoms with Gasteiger partial charge in [0.1, 0.15) is 11.6 Å². The molecule has 3 aromatic rings. The average Bonchev–Trinajstić information content (AvgIpc) is 2.48. The molecular weight excluding hydrogens is 307 g/mol. The van der Waals surface area contributed by atoms with Gasteiger partial charge in [0.25, 0.3) is 0 Å². The maximum atomic E-state index is 13.4. The van der Waals surface area contributed by atoms with E-state index in [1.165, 1.54) is 18.2 Å². The number of pyridine rings is 1.